The molecule has 4 heteroatoms. The van der Waals surface area contributed by atoms with E-state index < -0.39 is 0 Å². The van der Waals surface area contributed by atoms with Gasteiger partial charge in [0.05, 0.1) is 19.7 Å². The van der Waals surface area contributed by atoms with Crippen LogP contribution in [-0.4, -0.2) is 26.3 Å². The lowest BCUT2D eigenvalue weighted by Gasteiger charge is -2.14. The number of rotatable bonds is 3. The zero-order valence-electron chi connectivity index (χ0n) is 11.5. The van der Waals surface area contributed by atoms with Crippen LogP contribution >= 0.6 is 0 Å². The number of pyridine rings is 1. The maximum absolute atomic E-state index is 5.38. The molecular weight excluding hydrogens is 240 g/mol. The van der Waals surface area contributed by atoms with Gasteiger partial charge in [-0.05, 0) is 30.9 Å². The molecule has 0 radical (unpaired) electrons. The number of ether oxygens (including phenoxy) is 2. The van der Waals surface area contributed by atoms with Crippen LogP contribution in [0.4, 0.5) is 5.69 Å². The highest BCUT2D eigenvalue weighted by atomic mass is 16.5. The molecular formula is C15H18N2O2. The summed E-state index contributed by atoms with van der Waals surface area (Å²) in [6, 6.07) is 3.96. The third kappa shape index (κ3) is 1.79. The summed E-state index contributed by atoms with van der Waals surface area (Å²) < 4.78 is 10.7. The molecule has 1 aliphatic carbocycles. The highest BCUT2D eigenvalue weighted by Crippen LogP contribution is 2.39. The Morgan fingerprint density at radius 2 is 1.84 bits per heavy atom. The summed E-state index contributed by atoms with van der Waals surface area (Å²) in [5.74, 6) is 1.47. The Morgan fingerprint density at radius 3 is 2.53 bits per heavy atom. The van der Waals surface area contributed by atoms with E-state index in [9.17, 15) is 0 Å². The minimum absolute atomic E-state index is 0.725. The van der Waals surface area contributed by atoms with Crippen molar-refractivity contribution in [2.45, 2.75) is 19.3 Å². The van der Waals surface area contributed by atoms with E-state index in [4.69, 9.17) is 14.5 Å². The average molecular weight is 258 g/mol. The Bertz CT molecular complexity index is 638. The van der Waals surface area contributed by atoms with E-state index in [1.165, 1.54) is 23.4 Å². The quantitative estimate of drug-likeness (QED) is 0.919. The summed E-state index contributed by atoms with van der Waals surface area (Å²) in [5, 5.41) is 4.42. The van der Waals surface area contributed by atoms with Crippen LogP contribution in [0.25, 0.3) is 10.9 Å². The highest BCUT2D eigenvalue weighted by molar-refractivity contribution is 5.95. The van der Waals surface area contributed by atoms with Gasteiger partial charge < -0.3 is 14.8 Å². The second-order valence-corrected chi connectivity index (χ2v) is 4.74. The number of benzene rings is 1. The molecule has 1 aromatic heterocycles. The molecule has 19 heavy (non-hydrogen) atoms. The summed E-state index contributed by atoms with van der Waals surface area (Å²) >= 11 is 0. The molecule has 0 amide bonds. The van der Waals surface area contributed by atoms with E-state index in [0.29, 0.717) is 0 Å². The van der Waals surface area contributed by atoms with Gasteiger partial charge >= 0.3 is 0 Å². The predicted octanol–water partition coefficient (Wildman–Crippen LogP) is 2.78. The van der Waals surface area contributed by atoms with Gasteiger partial charge in [0.25, 0.3) is 0 Å². The zero-order valence-corrected chi connectivity index (χ0v) is 11.5. The Hall–Kier alpha value is -1.97. The lowest BCUT2D eigenvalue weighted by Crippen LogP contribution is -2.00. The van der Waals surface area contributed by atoms with Crippen molar-refractivity contribution in [2.24, 2.45) is 0 Å². The maximum atomic E-state index is 5.38. The predicted molar refractivity (Wildman–Crippen MR) is 76.4 cm³/mol. The van der Waals surface area contributed by atoms with Crippen molar-refractivity contribution in [3.05, 3.63) is 23.4 Å². The largest absolute Gasteiger partial charge is 0.493 e. The normalized spacial score (nSPS) is 13.4. The molecule has 0 aliphatic heterocycles. The Labute approximate surface area is 112 Å². The van der Waals surface area contributed by atoms with Crippen molar-refractivity contribution >= 4 is 16.6 Å². The van der Waals surface area contributed by atoms with E-state index in [0.717, 1.165) is 35.2 Å². The number of hydrogen-bond donors (Lipinski definition) is 1. The number of fused-ring (bicyclic) bond motifs is 2. The van der Waals surface area contributed by atoms with E-state index in [-0.39, 0.29) is 0 Å². The fraction of sp³-hybridized carbons (Fsp3) is 0.400. The molecule has 0 saturated heterocycles. The SMILES string of the molecule is CNc1c2c(nc3cc(OC)c(OC)cc13)CCC2. The number of aryl methyl sites for hydroxylation is 1. The monoisotopic (exact) mass is 258 g/mol. The van der Waals surface area contributed by atoms with Crippen LogP contribution in [0, 0.1) is 0 Å². The van der Waals surface area contributed by atoms with Crippen molar-refractivity contribution in [1.82, 2.24) is 4.98 Å². The third-order valence-corrected chi connectivity index (χ3v) is 3.77. The molecule has 0 unspecified atom stereocenters. The first-order valence-electron chi connectivity index (χ1n) is 6.53. The van der Waals surface area contributed by atoms with Crippen molar-refractivity contribution in [3.8, 4) is 11.5 Å². The first-order chi connectivity index (χ1) is 9.28. The molecule has 1 heterocycles. The minimum Gasteiger partial charge on any atom is -0.493 e. The van der Waals surface area contributed by atoms with Crippen LogP contribution in [0.15, 0.2) is 12.1 Å². The van der Waals surface area contributed by atoms with Crippen LogP contribution < -0.4 is 14.8 Å². The van der Waals surface area contributed by atoms with Gasteiger partial charge in [-0.15, -0.1) is 0 Å². The fourth-order valence-electron chi connectivity index (χ4n) is 2.87. The van der Waals surface area contributed by atoms with Gasteiger partial charge in [0.15, 0.2) is 11.5 Å². The Balaban J connectivity index is 2.34. The second kappa shape index (κ2) is 4.61. The average Bonchev–Trinajstić information content (AvgIpc) is 2.90. The van der Waals surface area contributed by atoms with E-state index in [1.54, 1.807) is 14.2 Å². The molecule has 0 bridgehead atoms. The molecule has 2 aromatic rings. The van der Waals surface area contributed by atoms with E-state index in [2.05, 4.69) is 5.32 Å². The van der Waals surface area contributed by atoms with Gasteiger partial charge in [-0.2, -0.15) is 0 Å². The van der Waals surface area contributed by atoms with Crippen LogP contribution in [0.2, 0.25) is 0 Å². The van der Waals surface area contributed by atoms with Gasteiger partial charge in [-0.1, -0.05) is 0 Å². The first-order valence-corrected chi connectivity index (χ1v) is 6.53. The molecule has 0 saturated carbocycles. The zero-order chi connectivity index (χ0) is 13.4. The van der Waals surface area contributed by atoms with Gasteiger partial charge in [-0.25, -0.2) is 0 Å². The topological polar surface area (TPSA) is 43.4 Å². The minimum atomic E-state index is 0.725. The number of nitrogens with one attached hydrogen (secondary N) is 1. The summed E-state index contributed by atoms with van der Waals surface area (Å²) in [5.41, 5.74) is 4.70. The Morgan fingerprint density at radius 1 is 1.11 bits per heavy atom. The number of aromatic nitrogens is 1. The standard InChI is InChI=1S/C15H18N2O2/c1-16-15-9-5-4-6-11(9)17-12-8-14(19-3)13(18-2)7-10(12)15/h7-8H,4-6H2,1-3H3,(H,16,17). The van der Waals surface area contributed by atoms with Crippen LogP contribution in [-0.2, 0) is 12.8 Å². The summed E-state index contributed by atoms with van der Waals surface area (Å²) in [4.78, 5) is 4.77. The number of hydrogen-bond acceptors (Lipinski definition) is 4. The van der Waals surface area contributed by atoms with E-state index >= 15 is 0 Å². The smallest absolute Gasteiger partial charge is 0.162 e. The fourth-order valence-corrected chi connectivity index (χ4v) is 2.87. The molecule has 0 atom stereocenters. The first kappa shape index (κ1) is 12.1. The summed E-state index contributed by atoms with van der Waals surface area (Å²) in [7, 11) is 5.27. The van der Waals surface area contributed by atoms with Crippen molar-refractivity contribution in [3.63, 3.8) is 0 Å². The number of nitrogens with zero attached hydrogens (tertiary/aromatic N) is 1. The van der Waals surface area contributed by atoms with Crippen molar-refractivity contribution in [2.75, 3.05) is 26.6 Å². The number of methoxy groups -OCH3 is 2. The molecule has 1 aromatic carbocycles. The molecule has 0 fully saturated rings. The van der Waals surface area contributed by atoms with E-state index in [1.807, 2.05) is 19.2 Å². The van der Waals surface area contributed by atoms with Gasteiger partial charge in [0, 0.05) is 29.9 Å². The molecule has 100 valence electrons. The van der Waals surface area contributed by atoms with Crippen molar-refractivity contribution < 1.29 is 9.47 Å². The molecule has 1 N–H and O–H groups in total. The van der Waals surface area contributed by atoms with Crippen LogP contribution in [0.5, 0.6) is 11.5 Å². The van der Waals surface area contributed by atoms with Crippen LogP contribution in [0.1, 0.15) is 17.7 Å². The summed E-state index contributed by atoms with van der Waals surface area (Å²) in [6.45, 7) is 0. The van der Waals surface area contributed by atoms with Gasteiger partial charge in [0.2, 0.25) is 0 Å². The molecule has 3 rings (SSSR count). The molecule has 0 spiro atoms. The van der Waals surface area contributed by atoms with Gasteiger partial charge in [-0.3, -0.25) is 4.98 Å². The second-order valence-electron chi connectivity index (χ2n) is 4.74. The van der Waals surface area contributed by atoms with Crippen LogP contribution in [0.3, 0.4) is 0 Å². The lowest BCUT2D eigenvalue weighted by atomic mass is 10.1. The molecule has 4 nitrogen and oxygen atoms in total. The number of anilines is 1. The maximum Gasteiger partial charge on any atom is 0.162 e. The summed E-state index contributed by atoms with van der Waals surface area (Å²) in [6.07, 6.45) is 3.35. The molecule has 1 aliphatic rings. The highest BCUT2D eigenvalue weighted by Gasteiger charge is 2.20. The Kier molecular flexibility index (Phi) is 2.93. The third-order valence-electron chi connectivity index (χ3n) is 3.77. The lowest BCUT2D eigenvalue weighted by molar-refractivity contribution is 0.356. The van der Waals surface area contributed by atoms with Gasteiger partial charge in [0.1, 0.15) is 0 Å². The van der Waals surface area contributed by atoms with Crippen molar-refractivity contribution in [1.29, 1.82) is 0 Å².